The van der Waals surface area contributed by atoms with Crippen LogP contribution in [0.4, 0.5) is 0 Å². The Balaban J connectivity index is 1.61. The predicted molar refractivity (Wildman–Crippen MR) is 87.7 cm³/mol. The van der Waals surface area contributed by atoms with Crippen LogP contribution < -0.4 is 10.1 Å². The number of rotatable bonds is 2. The summed E-state index contributed by atoms with van der Waals surface area (Å²) in [7, 11) is -3.02. The Morgan fingerprint density at radius 1 is 1.38 bits per heavy atom. The molecule has 126 valence electrons. The maximum atomic E-state index is 12.5. The minimum Gasteiger partial charge on any atom is -0.491 e. The van der Waals surface area contributed by atoms with Gasteiger partial charge in [0.1, 0.15) is 12.4 Å². The van der Waals surface area contributed by atoms with Crippen molar-refractivity contribution in [2.75, 3.05) is 18.1 Å². The summed E-state index contributed by atoms with van der Waals surface area (Å²) in [6.07, 6.45) is 3.96. The number of carbonyl (C=O) groups is 1. The highest BCUT2D eigenvalue weighted by atomic mass is 32.2. The fourth-order valence-corrected chi connectivity index (χ4v) is 4.83. The van der Waals surface area contributed by atoms with Crippen LogP contribution in [0, 0.1) is 0 Å². The highest BCUT2D eigenvalue weighted by Gasteiger charge is 2.29. The second-order valence-electron chi connectivity index (χ2n) is 6.11. The van der Waals surface area contributed by atoms with Crippen LogP contribution in [0.2, 0.25) is 0 Å². The minimum atomic E-state index is -3.02. The summed E-state index contributed by atoms with van der Waals surface area (Å²) in [6.45, 7) is 1.24. The zero-order chi connectivity index (χ0) is 16.7. The molecule has 1 N–H and O–H groups in total. The van der Waals surface area contributed by atoms with Gasteiger partial charge in [-0.05, 0) is 24.6 Å². The van der Waals surface area contributed by atoms with E-state index in [1.54, 1.807) is 30.7 Å². The van der Waals surface area contributed by atoms with Gasteiger partial charge in [0.25, 0.3) is 5.91 Å². The molecule has 0 radical (unpaired) electrons. The molecule has 2 aliphatic heterocycles. The van der Waals surface area contributed by atoms with E-state index in [0.717, 1.165) is 11.3 Å². The van der Waals surface area contributed by atoms with E-state index in [1.807, 2.05) is 4.57 Å². The van der Waals surface area contributed by atoms with Crippen molar-refractivity contribution in [3.63, 3.8) is 0 Å². The molecule has 24 heavy (non-hydrogen) atoms. The van der Waals surface area contributed by atoms with Crippen molar-refractivity contribution in [2.24, 2.45) is 0 Å². The van der Waals surface area contributed by atoms with Gasteiger partial charge in [-0.3, -0.25) is 4.79 Å². The van der Waals surface area contributed by atoms with Crippen LogP contribution in [-0.2, 0) is 16.4 Å². The molecule has 3 heterocycles. The van der Waals surface area contributed by atoms with Crippen LogP contribution in [-0.4, -0.2) is 48.0 Å². The number of hydrogen-bond acceptors (Lipinski definition) is 5. The lowest BCUT2D eigenvalue weighted by molar-refractivity contribution is 0.0941. The normalized spacial score (nSPS) is 21.2. The Morgan fingerprint density at radius 2 is 2.25 bits per heavy atom. The molecule has 1 saturated heterocycles. The summed E-state index contributed by atoms with van der Waals surface area (Å²) < 4.78 is 30.7. The van der Waals surface area contributed by atoms with Crippen LogP contribution in [0.25, 0.3) is 11.3 Å². The van der Waals surface area contributed by atoms with Crippen LogP contribution >= 0.6 is 0 Å². The first-order chi connectivity index (χ1) is 11.5. The molecule has 2 aromatic rings. The summed E-state index contributed by atoms with van der Waals surface area (Å²) in [4.78, 5) is 16.6. The van der Waals surface area contributed by atoms with Crippen LogP contribution in [0.1, 0.15) is 16.8 Å². The van der Waals surface area contributed by atoms with E-state index in [1.165, 1.54) is 0 Å². The average molecular weight is 347 g/mol. The van der Waals surface area contributed by atoms with Crippen molar-refractivity contribution in [2.45, 2.75) is 19.0 Å². The number of aromatic nitrogens is 2. The molecular formula is C16H17N3O4S. The van der Waals surface area contributed by atoms with Gasteiger partial charge in [0.15, 0.2) is 9.84 Å². The van der Waals surface area contributed by atoms with E-state index < -0.39 is 9.84 Å². The predicted octanol–water partition coefficient (Wildman–Crippen LogP) is 0.859. The van der Waals surface area contributed by atoms with Gasteiger partial charge in [0.05, 0.1) is 36.3 Å². The molecule has 0 aliphatic carbocycles. The molecule has 7 nitrogen and oxygen atoms in total. The minimum absolute atomic E-state index is 0.0135. The standard InChI is InChI=1S/C16H17N3O4S/c20-16(18-12-3-6-24(21,22)9-12)11-1-2-15-13(7-11)14-8-17-10-19(14)4-5-23-15/h1-2,7-8,10,12H,3-6,9H2,(H,18,20)/t12-/m1/s1. The van der Waals surface area contributed by atoms with Crippen molar-refractivity contribution in [3.05, 3.63) is 36.3 Å². The molecule has 8 heteroatoms. The van der Waals surface area contributed by atoms with Gasteiger partial charge in [-0.25, -0.2) is 13.4 Å². The van der Waals surface area contributed by atoms with Crippen molar-refractivity contribution in [3.8, 4) is 17.0 Å². The van der Waals surface area contributed by atoms with Gasteiger partial charge in [-0.15, -0.1) is 0 Å². The Hall–Kier alpha value is -2.35. The number of sulfone groups is 1. The van der Waals surface area contributed by atoms with E-state index in [2.05, 4.69) is 10.3 Å². The second kappa shape index (κ2) is 5.62. The molecule has 2 aliphatic rings. The Kier molecular flexibility index (Phi) is 3.56. The third-order valence-electron chi connectivity index (χ3n) is 4.39. The molecule has 1 aromatic heterocycles. The molecule has 0 saturated carbocycles. The molecule has 0 spiro atoms. The van der Waals surface area contributed by atoms with Gasteiger partial charge in [0.2, 0.25) is 0 Å². The molecule has 1 aromatic carbocycles. The van der Waals surface area contributed by atoms with Crippen molar-refractivity contribution >= 4 is 15.7 Å². The van der Waals surface area contributed by atoms with Crippen LogP contribution in [0.5, 0.6) is 5.75 Å². The third-order valence-corrected chi connectivity index (χ3v) is 6.16. The van der Waals surface area contributed by atoms with E-state index in [9.17, 15) is 13.2 Å². The van der Waals surface area contributed by atoms with Gasteiger partial charge in [0, 0.05) is 17.2 Å². The summed E-state index contributed by atoms with van der Waals surface area (Å²) in [5.74, 6) is 0.596. The van der Waals surface area contributed by atoms with Crippen molar-refractivity contribution < 1.29 is 17.9 Å². The molecule has 1 fully saturated rings. The molecule has 1 amide bonds. The summed E-state index contributed by atoms with van der Waals surface area (Å²) in [5, 5.41) is 2.81. The largest absolute Gasteiger partial charge is 0.491 e. The summed E-state index contributed by atoms with van der Waals surface area (Å²) in [5.41, 5.74) is 2.20. The van der Waals surface area contributed by atoms with E-state index in [0.29, 0.717) is 30.9 Å². The highest BCUT2D eigenvalue weighted by molar-refractivity contribution is 7.91. The van der Waals surface area contributed by atoms with Crippen LogP contribution in [0.3, 0.4) is 0 Å². The maximum absolute atomic E-state index is 12.5. The van der Waals surface area contributed by atoms with Gasteiger partial charge >= 0.3 is 0 Å². The van der Waals surface area contributed by atoms with Gasteiger partial charge < -0.3 is 14.6 Å². The number of benzene rings is 1. The Morgan fingerprint density at radius 3 is 3.04 bits per heavy atom. The fraction of sp³-hybridized carbons (Fsp3) is 0.375. The Bertz CT molecular complexity index is 904. The number of nitrogens with one attached hydrogen (secondary N) is 1. The van der Waals surface area contributed by atoms with Crippen molar-refractivity contribution in [1.82, 2.24) is 14.9 Å². The van der Waals surface area contributed by atoms with Gasteiger partial charge in [-0.1, -0.05) is 0 Å². The van der Waals surface area contributed by atoms with Gasteiger partial charge in [-0.2, -0.15) is 0 Å². The first kappa shape index (κ1) is 15.2. The second-order valence-corrected chi connectivity index (χ2v) is 8.33. The number of hydrogen-bond donors (Lipinski definition) is 1. The SMILES string of the molecule is O=C(N[C@@H]1CCS(=O)(=O)C1)c1ccc2c(c1)-c1cncn1CCO2. The number of amides is 1. The van der Waals surface area contributed by atoms with Crippen LogP contribution in [0.15, 0.2) is 30.7 Å². The molecule has 1 atom stereocenters. The van der Waals surface area contributed by atoms with E-state index >= 15 is 0 Å². The molecule has 0 unspecified atom stereocenters. The highest BCUT2D eigenvalue weighted by Crippen LogP contribution is 2.33. The number of carbonyl (C=O) groups excluding carboxylic acids is 1. The van der Waals surface area contributed by atoms with Crippen molar-refractivity contribution in [1.29, 1.82) is 0 Å². The number of imidazole rings is 1. The zero-order valence-corrected chi connectivity index (χ0v) is 13.8. The zero-order valence-electron chi connectivity index (χ0n) is 12.9. The number of ether oxygens (including phenoxy) is 1. The monoisotopic (exact) mass is 347 g/mol. The molecular weight excluding hydrogens is 330 g/mol. The lowest BCUT2D eigenvalue weighted by atomic mass is 10.1. The topological polar surface area (TPSA) is 90.3 Å². The van der Waals surface area contributed by atoms with E-state index in [4.69, 9.17) is 4.74 Å². The number of fused-ring (bicyclic) bond motifs is 3. The molecule has 4 rings (SSSR count). The number of nitrogens with zero attached hydrogens (tertiary/aromatic N) is 2. The first-order valence-electron chi connectivity index (χ1n) is 7.80. The Labute approximate surface area is 139 Å². The lowest BCUT2D eigenvalue weighted by Gasteiger charge is -2.13. The fourth-order valence-electron chi connectivity index (χ4n) is 3.15. The summed E-state index contributed by atoms with van der Waals surface area (Å²) in [6, 6.07) is 4.93. The smallest absolute Gasteiger partial charge is 0.251 e. The quantitative estimate of drug-likeness (QED) is 0.870. The maximum Gasteiger partial charge on any atom is 0.251 e. The third kappa shape index (κ3) is 2.77. The molecule has 0 bridgehead atoms. The first-order valence-corrected chi connectivity index (χ1v) is 9.63. The van der Waals surface area contributed by atoms with E-state index in [-0.39, 0.29) is 23.5 Å². The average Bonchev–Trinajstić information content (AvgIpc) is 3.09. The lowest BCUT2D eigenvalue weighted by Crippen LogP contribution is -2.35. The summed E-state index contributed by atoms with van der Waals surface area (Å²) >= 11 is 0.